The van der Waals surface area contributed by atoms with Gasteiger partial charge >= 0.3 is 6.09 Å². The average molecular weight is 223 g/mol. The molecule has 0 radical (unpaired) electrons. The van der Waals surface area contributed by atoms with E-state index >= 15 is 0 Å². The maximum absolute atomic E-state index is 10.4. The lowest BCUT2D eigenvalue weighted by Gasteiger charge is -2.27. The predicted molar refractivity (Wildman–Crippen MR) is 58.9 cm³/mol. The number of hydrogen-bond donors (Lipinski definition) is 2. The fourth-order valence-electron chi connectivity index (χ4n) is 1.56. The Bertz CT molecular complexity index is 360. The van der Waals surface area contributed by atoms with E-state index in [1.807, 2.05) is 0 Å². The first-order valence-corrected chi connectivity index (χ1v) is 5.04. The topological polar surface area (TPSA) is 74.7 Å². The number of carbonyl (C=O) groups is 1. The maximum Gasteiger partial charge on any atom is 0.409 e. The van der Waals surface area contributed by atoms with Crippen LogP contribution >= 0.6 is 0 Å². The highest BCUT2D eigenvalue weighted by Crippen LogP contribution is 2.15. The summed E-state index contributed by atoms with van der Waals surface area (Å²) in [6, 6.07) is 3.50. The molecule has 1 aliphatic heterocycles. The van der Waals surface area contributed by atoms with Gasteiger partial charge in [0.1, 0.15) is 5.82 Å². The second-order valence-electron chi connectivity index (χ2n) is 3.43. The molecule has 6 heteroatoms. The van der Waals surface area contributed by atoms with Crippen molar-refractivity contribution in [2.24, 2.45) is 0 Å². The molecule has 1 aromatic rings. The summed E-state index contributed by atoms with van der Waals surface area (Å²) in [5, 5.41) is 10.8. The van der Waals surface area contributed by atoms with Gasteiger partial charge in [-0.3, -0.25) is 5.32 Å². The molecule has 1 amide bonds. The van der Waals surface area contributed by atoms with Crippen LogP contribution in [0.4, 0.5) is 16.3 Å². The highest BCUT2D eigenvalue weighted by molar-refractivity contribution is 5.82. The molecule has 2 heterocycles. The van der Waals surface area contributed by atoms with E-state index in [-0.39, 0.29) is 0 Å². The molecule has 1 fully saturated rings. The first-order valence-electron chi connectivity index (χ1n) is 5.04. The number of nitrogens with zero attached hydrogens (tertiary/aromatic N) is 2. The van der Waals surface area contributed by atoms with E-state index in [1.54, 1.807) is 12.1 Å². The standard InChI is InChI=1S/C10H13N3O3/c14-10(15)12-8-1-2-9(11-7-8)13-3-5-16-6-4-13/h1-2,7,12H,3-6H2,(H,14,15). The molecule has 2 rings (SSSR count). The van der Waals surface area contributed by atoms with Gasteiger partial charge in [-0.15, -0.1) is 0 Å². The molecule has 0 bridgehead atoms. The Labute approximate surface area is 92.8 Å². The van der Waals surface area contributed by atoms with Crippen LogP contribution in [0.1, 0.15) is 0 Å². The molecule has 1 aliphatic rings. The van der Waals surface area contributed by atoms with Gasteiger partial charge in [-0.05, 0) is 12.1 Å². The van der Waals surface area contributed by atoms with E-state index in [9.17, 15) is 4.79 Å². The van der Waals surface area contributed by atoms with Crippen LogP contribution in [0.3, 0.4) is 0 Å². The summed E-state index contributed by atoms with van der Waals surface area (Å²) in [5.74, 6) is 0.847. The van der Waals surface area contributed by atoms with Crippen molar-refractivity contribution in [3.8, 4) is 0 Å². The van der Waals surface area contributed by atoms with E-state index in [1.165, 1.54) is 6.20 Å². The number of pyridine rings is 1. The van der Waals surface area contributed by atoms with Crippen molar-refractivity contribution in [1.82, 2.24) is 4.98 Å². The molecule has 0 aromatic carbocycles. The van der Waals surface area contributed by atoms with Crippen molar-refractivity contribution < 1.29 is 14.6 Å². The van der Waals surface area contributed by atoms with Gasteiger partial charge in [0.05, 0.1) is 25.1 Å². The lowest BCUT2D eigenvalue weighted by atomic mass is 10.3. The Morgan fingerprint density at radius 3 is 2.75 bits per heavy atom. The van der Waals surface area contributed by atoms with Crippen LogP contribution in [0.25, 0.3) is 0 Å². The quantitative estimate of drug-likeness (QED) is 0.782. The van der Waals surface area contributed by atoms with Crippen LogP contribution in [0.5, 0.6) is 0 Å². The number of aromatic nitrogens is 1. The normalized spacial score (nSPS) is 15.9. The summed E-state index contributed by atoms with van der Waals surface area (Å²) >= 11 is 0. The minimum Gasteiger partial charge on any atom is -0.465 e. The largest absolute Gasteiger partial charge is 0.465 e. The zero-order valence-electron chi connectivity index (χ0n) is 8.72. The van der Waals surface area contributed by atoms with Crippen molar-refractivity contribution >= 4 is 17.6 Å². The summed E-state index contributed by atoms with van der Waals surface area (Å²) in [7, 11) is 0. The van der Waals surface area contributed by atoms with Gasteiger partial charge in [0, 0.05) is 13.1 Å². The minimum absolute atomic E-state index is 0.476. The van der Waals surface area contributed by atoms with Gasteiger partial charge < -0.3 is 14.7 Å². The zero-order chi connectivity index (χ0) is 11.4. The van der Waals surface area contributed by atoms with Crippen LogP contribution in [-0.4, -0.2) is 42.5 Å². The molecule has 1 aromatic heterocycles. The third kappa shape index (κ3) is 2.60. The van der Waals surface area contributed by atoms with Gasteiger partial charge in [-0.25, -0.2) is 9.78 Å². The third-order valence-electron chi connectivity index (χ3n) is 2.33. The Balaban J connectivity index is 2.03. The van der Waals surface area contributed by atoms with Gasteiger partial charge in [0.2, 0.25) is 0 Å². The summed E-state index contributed by atoms with van der Waals surface area (Å²) < 4.78 is 5.24. The van der Waals surface area contributed by atoms with E-state index in [4.69, 9.17) is 9.84 Å². The SMILES string of the molecule is O=C(O)Nc1ccc(N2CCOCC2)nc1. The van der Waals surface area contributed by atoms with E-state index in [0.29, 0.717) is 18.9 Å². The summed E-state index contributed by atoms with van der Waals surface area (Å²) in [5.41, 5.74) is 0.476. The Kier molecular flexibility index (Phi) is 3.21. The summed E-state index contributed by atoms with van der Waals surface area (Å²) in [4.78, 5) is 16.7. The molecular weight excluding hydrogens is 210 g/mol. The van der Waals surface area contributed by atoms with Crippen LogP contribution in [0, 0.1) is 0 Å². The molecule has 6 nitrogen and oxygen atoms in total. The number of morpholine rings is 1. The Hall–Kier alpha value is -1.82. The first kappa shape index (κ1) is 10.7. The summed E-state index contributed by atoms with van der Waals surface area (Å²) in [6.07, 6.45) is 0.430. The second kappa shape index (κ2) is 4.80. The smallest absolute Gasteiger partial charge is 0.409 e. The van der Waals surface area contributed by atoms with Gasteiger partial charge in [0.15, 0.2) is 0 Å². The lowest BCUT2D eigenvalue weighted by Crippen LogP contribution is -2.36. The molecule has 0 spiro atoms. The van der Waals surface area contributed by atoms with E-state index in [2.05, 4.69) is 15.2 Å². The molecule has 0 atom stereocenters. The molecule has 0 saturated carbocycles. The molecule has 2 N–H and O–H groups in total. The van der Waals surface area contributed by atoms with Crippen LogP contribution in [0.2, 0.25) is 0 Å². The predicted octanol–water partition coefficient (Wildman–Crippen LogP) is 1.01. The maximum atomic E-state index is 10.4. The number of rotatable bonds is 2. The second-order valence-corrected chi connectivity index (χ2v) is 3.43. The van der Waals surface area contributed by atoms with Crippen molar-refractivity contribution in [1.29, 1.82) is 0 Å². The van der Waals surface area contributed by atoms with E-state index in [0.717, 1.165) is 18.9 Å². The molecule has 0 unspecified atom stereocenters. The van der Waals surface area contributed by atoms with Crippen molar-refractivity contribution in [3.63, 3.8) is 0 Å². The number of nitrogens with one attached hydrogen (secondary N) is 1. The first-order chi connectivity index (χ1) is 7.75. The minimum atomic E-state index is -1.08. The van der Waals surface area contributed by atoms with Gasteiger partial charge in [-0.2, -0.15) is 0 Å². The van der Waals surface area contributed by atoms with Crippen molar-refractivity contribution in [2.45, 2.75) is 0 Å². The van der Waals surface area contributed by atoms with Gasteiger partial charge in [0.25, 0.3) is 0 Å². The van der Waals surface area contributed by atoms with Crippen LogP contribution < -0.4 is 10.2 Å². The fraction of sp³-hybridized carbons (Fsp3) is 0.400. The Morgan fingerprint density at radius 1 is 1.44 bits per heavy atom. The highest BCUT2D eigenvalue weighted by Gasteiger charge is 2.11. The zero-order valence-corrected chi connectivity index (χ0v) is 8.72. The number of amides is 1. The molecule has 0 aliphatic carbocycles. The average Bonchev–Trinajstić information content (AvgIpc) is 2.30. The van der Waals surface area contributed by atoms with Crippen molar-refractivity contribution in [3.05, 3.63) is 18.3 Å². The van der Waals surface area contributed by atoms with Crippen LogP contribution in [-0.2, 0) is 4.74 Å². The van der Waals surface area contributed by atoms with E-state index < -0.39 is 6.09 Å². The fourth-order valence-corrected chi connectivity index (χ4v) is 1.56. The van der Waals surface area contributed by atoms with Gasteiger partial charge in [-0.1, -0.05) is 0 Å². The highest BCUT2D eigenvalue weighted by atomic mass is 16.5. The number of ether oxygens (including phenoxy) is 1. The summed E-state index contributed by atoms with van der Waals surface area (Å²) in [6.45, 7) is 3.05. The van der Waals surface area contributed by atoms with Crippen LogP contribution in [0.15, 0.2) is 18.3 Å². The molecule has 86 valence electrons. The monoisotopic (exact) mass is 223 g/mol. The molecule has 16 heavy (non-hydrogen) atoms. The number of hydrogen-bond acceptors (Lipinski definition) is 4. The third-order valence-corrected chi connectivity index (χ3v) is 2.33. The Morgan fingerprint density at radius 2 is 2.19 bits per heavy atom. The van der Waals surface area contributed by atoms with Crippen molar-refractivity contribution in [2.75, 3.05) is 36.5 Å². The molecule has 1 saturated heterocycles. The number of anilines is 2. The lowest BCUT2D eigenvalue weighted by molar-refractivity contribution is 0.122. The molecular formula is C10H13N3O3. The number of carboxylic acid groups (broad SMARTS) is 1.